The van der Waals surface area contributed by atoms with Gasteiger partial charge >= 0.3 is 0 Å². The lowest BCUT2D eigenvalue weighted by molar-refractivity contribution is -0.115. The number of sulfonamides is 1. The first-order chi connectivity index (χ1) is 12.3. The predicted molar refractivity (Wildman–Crippen MR) is 100 cm³/mol. The standard InChI is InChI=1S/C17H16ClN3O4S/c1-25-15-5-3-12(8-16(15)26(19,23)24)21-17(22)6-10-9-20-14-7-11(18)2-4-13(10)14/h2-5,7-9,20H,6H2,1H3,(H,21,22)(H2,19,23,24). The number of methoxy groups -OCH3 is 1. The highest BCUT2D eigenvalue weighted by molar-refractivity contribution is 7.89. The van der Waals surface area contributed by atoms with Crippen LogP contribution >= 0.6 is 11.6 Å². The summed E-state index contributed by atoms with van der Waals surface area (Å²) in [5.74, 6) is -0.189. The van der Waals surface area contributed by atoms with Gasteiger partial charge in [-0.15, -0.1) is 0 Å². The summed E-state index contributed by atoms with van der Waals surface area (Å²) in [6.45, 7) is 0. The largest absolute Gasteiger partial charge is 0.495 e. The Morgan fingerprint density at radius 1 is 1.27 bits per heavy atom. The summed E-state index contributed by atoms with van der Waals surface area (Å²) in [6.07, 6.45) is 1.85. The molecule has 1 heterocycles. The van der Waals surface area contributed by atoms with E-state index in [4.69, 9.17) is 21.5 Å². The van der Waals surface area contributed by atoms with Crippen molar-refractivity contribution in [1.82, 2.24) is 4.98 Å². The number of halogens is 1. The lowest BCUT2D eigenvalue weighted by Gasteiger charge is -2.10. The minimum absolute atomic E-state index is 0.109. The molecule has 9 heteroatoms. The van der Waals surface area contributed by atoms with Crippen LogP contribution in [0.15, 0.2) is 47.5 Å². The third kappa shape index (κ3) is 3.82. The van der Waals surface area contributed by atoms with Gasteiger partial charge in [-0.1, -0.05) is 17.7 Å². The minimum Gasteiger partial charge on any atom is -0.495 e. The molecular formula is C17H16ClN3O4S. The molecule has 0 fully saturated rings. The summed E-state index contributed by atoms with van der Waals surface area (Å²) in [5.41, 5.74) is 1.94. The number of hydrogen-bond donors (Lipinski definition) is 3. The second-order valence-electron chi connectivity index (χ2n) is 5.64. The van der Waals surface area contributed by atoms with Crippen LogP contribution in [-0.4, -0.2) is 26.4 Å². The molecule has 0 aliphatic heterocycles. The quantitative estimate of drug-likeness (QED) is 0.618. The van der Waals surface area contributed by atoms with Crippen molar-refractivity contribution in [3.05, 3.63) is 53.2 Å². The Balaban J connectivity index is 1.81. The summed E-state index contributed by atoms with van der Waals surface area (Å²) in [6, 6.07) is 9.61. The molecule has 4 N–H and O–H groups in total. The summed E-state index contributed by atoms with van der Waals surface area (Å²) in [7, 11) is -2.64. The molecule has 3 aromatic rings. The minimum atomic E-state index is -3.98. The fourth-order valence-corrected chi connectivity index (χ4v) is 3.55. The lowest BCUT2D eigenvalue weighted by Crippen LogP contribution is -2.17. The molecule has 0 saturated carbocycles. The Morgan fingerprint density at radius 2 is 2.04 bits per heavy atom. The predicted octanol–water partition coefficient (Wildman–Crippen LogP) is 2.66. The first-order valence-corrected chi connectivity index (χ1v) is 9.46. The Labute approximate surface area is 155 Å². The normalized spacial score (nSPS) is 11.5. The van der Waals surface area contributed by atoms with Gasteiger partial charge in [0.15, 0.2) is 0 Å². The Bertz CT molecular complexity index is 1090. The summed E-state index contributed by atoms with van der Waals surface area (Å²) in [4.78, 5) is 15.2. The van der Waals surface area contributed by atoms with Crippen LogP contribution in [0, 0.1) is 0 Å². The van der Waals surface area contributed by atoms with Crippen molar-refractivity contribution in [1.29, 1.82) is 0 Å². The van der Waals surface area contributed by atoms with Gasteiger partial charge in [0, 0.05) is 27.8 Å². The van der Waals surface area contributed by atoms with E-state index in [9.17, 15) is 13.2 Å². The maximum absolute atomic E-state index is 12.3. The molecule has 0 spiro atoms. The van der Waals surface area contributed by atoms with Crippen LogP contribution in [0.1, 0.15) is 5.56 Å². The molecule has 0 unspecified atom stereocenters. The smallest absolute Gasteiger partial charge is 0.241 e. The van der Waals surface area contributed by atoms with Crippen LogP contribution in [0.4, 0.5) is 5.69 Å². The van der Waals surface area contributed by atoms with Gasteiger partial charge in [-0.2, -0.15) is 0 Å². The monoisotopic (exact) mass is 393 g/mol. The first-order valence-electron chi connectivity index (χ1n) is 7.54. The third-order valence-electron chi connectivity index (χ3n) is 3.83. The van der Waals surface area contributed by atoms with Crippen LogP contribution in [0.5, 0.6) is 5.75 Å². The Kier molecular flexibility index (Phi) is 4.90. The van der Waals surface area contributed by atoms with Gasteiger partial charge in [0.05, 0.1) is 13.5 Å². The van der Waals surface area contributed by atoms with Gasteiger partial charge < -0.3 is 15.0 Å². The summed E-state index contributed by atoms with van der Waals surface area (Å²) < 4.78 is 28.3. The number of amides is 1. The third-order valence-corrected chi connectivity index (χ3v) is 5.00. The van der Waals surface area contributed by atoms with Crippen molar-refractivity contribution in [2.75, 3.05) is 12.4 Å². The molecule has 7 nitrogen and oxygen atoms in total. The zero-order chi connectivity index (χ0) is 18.9. The van der Waals surface area contributed by atoms with E-state index in [1.165, 1.54) is 19.2 Å². The molecule has 2 aromatic carbocycles. The van der Waals surface area contributed by atoms with Crippen molar-refractivity contribution < 1.29 is 17.9 Å². The number of carbonyl (C=O) groups is 1. The van der Waals surface area contributed by atoms with E-state index in [0.717, 1.165) is 16.5 Å². The number of aromatic amines is 1. The SMILES string of the molecule is COc1ccc(NC(=O)Cc2c[nH]c3cc(Cl)ccc23)cc1S(N)(=O)=O. The Morgan fingerprint density at radius 3 is 2.73 bits per heavy atom. The fraction of sp³-hybridized carbons (Fsp3) is 0.118. The molecule has 0 atom stereocenters. The van der Waals surface area contributed by atoms with E-state index in [1.54, 1.807) is 24.4 Å². The molecular weight excluding hydrogens is 378 g/mol. The molecule has 1 aromatic heterocycles. The highest BCUT2D eigenvalue weighted by atomic mass is 35.5. The van der Waals surface area contributed by atoms with E-state index in [-0.39, 0.29) is 23.0 Å². The number of anilines is 1. The van der Waals surface area contributed by atoms with E-state index in [2.05, 4.69) is 10.3 Å². The number of benzene rings is 2. The van der Waals surface area contributed by atoms with Crippen LogP contribution in [0.25, 0.3) is 10.9 Å². The molecule has 0 bridgehead atoms. The molecule has 26 heavy (non-hydrogen) atoms. The average molecular weight is 394 g/mol. The number of nitrogens with two attached hydrogens (primary N) is 1. The van der Waals surface area contributed by atoms with Crippen molar-refractivity contribution in [3.63, 3.8) is 0 Å². The van der Waals surface area contributed by atoms with E-state index >= 15 is 0 Å². The van der Waals surface area contributed by atoms with Crippen LogP contribution in [0.3, 0.4) is 0 Å². The zero-order valence-corrected chi connectivity index (χ0v) is 15.3. The van der Waals surface area contributed by atoms with Gasteiger partial charge in [-0.25, -0.2) is 13.6 Å². The summed E-state index contributed by atoms with van der Waals surface area (Å²) in [5, 5.41) is 9.34. The van der Waals surface area contributed by atoms with Crippen molar-refractivity contribution in [3.8, 4) is 5.75 Å². The first kappa shape index (κ1) is 18.2. The van der Waals surface area contributed by atoms with Crippen molar-refractivity contribution in [2.45, 2.75) is 11.3 Å². The number of aromatic nitrogens is 1. The number of hydrogen-bond acceptors (Lipinski definition) is 4. The number of fused-ring (bicyclic) bond motifs is 1. The molecule has 0 aliphatic carbocycles. The average Bonchev–Trinajstić information content (AvgIpc) is 2.95. The van der Waals surface area contributed by atoms with Crippen LogP contribution in [-0.2, 0) is 21.2 Å². The van der Waals surface area contributed by atoms with Gasteiger partial charge in [0.1, 0.15) is 10.6 Å². The molecule has 136 valence electrons. The summed E-state index contributed by atoms with van der Waals surface area (Å²) >= 11 is 5.95. The number of carbonyl (C=O) groups excluding carboxylic acids is 1. The van der Waals surface area contributed by atoms with Crippen LogP contribution < -0.4 is 15.2 Å². The maximum Gasteiger partial charge on any atom is 0.241 e. The molecule has 0 radical (unpaired) electrons. The van der Waals surface area contributed by atoms with Crippen molar-refractivity contribution >= 4 is 44.1 Å². The second kappa shape index (κ2) is 6.99. The van der Waals surface area contributed by atoms with Crippen molar-refractivity contribution in [2.24, 2.45) is 5.14 Å². The molecule has 0 saturated heterocycles. The number of nitrogens with one attached hydrogen (secondary N) is 2. The topological polar surface area (TPSA) is 114 Å². The number of rotatable bonds is 5. The highest BCUT2D eigenvalue weighted by Crippen LogP contribution is 2.27. The number of H-pyrrole nitrogens is 1. The molecule has 1 amide bonds. The fourth-order valence-electron chi connectivity index (χ4n) is 2.66. The van der Waals surface area contributed by atoms with Gasteiger partial charge in [-0.05, 0) is 35.9 Å². The number of ether oxygens (including phenoxy) is 1. The zero-order valence-electron chi connectivity index (χ0n) is 13.7. The van der Waals surface area contributed by atoms with E-state index < -0.39 is 10.0 Å². The number of primary sulfonamides is 1. The van der Waals surface area contributed by atoms with E-state index in [0.29, 0.717) is 10.7 Å². The highest BCUT2D eigenvalue weighted by Gasteiger charge is 2.17. The maximum atomic E-state index is 12.3. The lowest BCUT2D eigenvalue weighted by atomic mass is 10.1. The molecule has 3 rings (SSSR count). The van der Waals surface area contributed by atoms with Crippen LogP contribution in [0.2, 0.25) is 5.02 Å². The van der Waals surface area contributed by atoms with E-state index in [1.807, 2.05) is 6.07 Å². The molecule has 0 aliphatic rings. The van der Waals surface area contributed by atoms with Gasteiger partial charge in [-0.3, -0.25) is 4.79 Å². The van der Waals surface area contributed by atoms with Gasteiger partial charge in [0.2, 0.25) is 15.9 Å². The van der Waals surface area contributed by atoms with Gasteiger partial charge in [0.25, 0.3) is 0 Å². The second-order valence-corrected chi connectivity index (χ2v) is 7.61. The Hall–Kier alpha value is -2.55.